The second-order valence-electron chi connectivity index (χ2n) is 4.08. The smallest absolute Gasteiger partial charge is 0.134 e. The van der Waals surface area contributed by atoms with Crippen LogP contribution in [-0.2, 0) is 6.54 Å². The van der Waals surface area contributed by atoms with Gasteiger partial charge in [-0.05, 0) is 41.3 Å². The van der Waals surface area contributed by atoms with Crippen molar-refractivity contribution in [3.05, 3.63) is 57.8 Å². The molecule has 0 aliphatic rings. The Morgan fingerprint density at radius 3 is 3.05 bits per heavy atom. The fourth-order valence-electron chi connectivity index (χ4n) is 1.89. The molecule has 0 amide bonds. The normalized spacial score (nSPS) is 10.8. The maximum absolute atomic E-state index is 13.2. The number of aromatic nitrogens is 1. The van der Waals surface area contributed by atoms with Gasteiger partial charge in [0.2, 0.25) is 0 Å². The van der Waals surface area contributed by atoms with Crippen molar-refractivity contribution in [1.82, 2.24) is 4.98 Å². The molecule has 2 nitrogen and oxygen atoms in total. The fraction of sp³-hybridized carbons (Fsp3) is 0.0714. The van der Waals surface area contributed by atoms with Gasteiger partial charge in [-0.25, -0.2) is 9.37 Å². The summed E-state index contributed by atoms with van der Waals surface area (Å²) < 4.78 is 15.3. The molecule has 0 bridgehead atoms. The number of hydrogen-bond donors (Lipinski definition) is 1. The first kappa shape index (κ1) is 12.6. The lowest BCUT2D eigenvalue weighted by molar-refractivity contribution is 0.625. The monoisotopic (exact) mass is 336 g/mol. The van der Waals surface area contributed by atoms with Crippen molar-refractivity contribution in [3.63, 3.8) is 0 Å². The van der Waals surface area contributed by atoms with Crippen molar-refractivity contribution >= 4 is 43.2 Å². The minimum Gasteiger partial charge on any atom is -0.365 e. The first-order chi connectivity index (χ1) is 9.24. The van der Waals surface area contributed by atoms with E-state index >= 15 is 0 Å². The molecule has 1 aromatic carbocycles. The number of benzene rings is 1. The Labute approximate surface area is 122 Å². The minimum absolute atomic E-state index is 0.235. The third-order valence-electron chi connectivity index (χ3n) is 2.83. The second-order valence-corrected chi connectivity index (χ2v) is 5.88. The molecule has 1 N–H and O–H groups in total. The van der Waals surface area contributed by atoms with Crippen molar-refractivity contribution in [2.24, 2.45) is 0 Å². The van der Waals surface area contributed by atoms with Crippen LogP contribution in [0.15, 0.2) is 46.4 Å². The first-order valence-electron chi connectivity index (χ1n) is 5.74. The van der Waals surface area contributed by atoms with Crippen molar-refractivity contribution in [2.75, 3.05) is 5.32 Å². The van der Waals surface area contributed by atoms with Crippen LogP contribution in [0.4, 0.5) is 10.2 Å². The Morgan fingerprint density at radius 2 is 2.16 bits per heavy atom. The average molecular weight is 337 g/mol. The predicted molar refractivity (Wildman–Crippen MR) is 81.0 cm³/mol. The van der Waals surface area contributed by atoms with Gasteiger partial charge in [-0.2, -0.15) is 0 Å². The van der Waals surface area contributed by atoms with Gasteiger partial charge in [-0.15, -0.1) is 11.3 Å². The number of fused-ring (bicyclic) bond motifs is 1. The lowest BCUT2D eigenvalue weighted by atomic mass is 10.2. The Balaban J connectivity index is 1.86. The van der Waals surface area contributed by atoms with Crippen molar-refractivity contribution in [2.45, 2.75) is 6.54 Å². The summed E-state index contributed by atoms with van der Waals surface area (Å²) in [5, 5.41) is 6.39. The number of pyridine rings is 1. The average Bonchev–Trinajstić information content (AvgIpc) is 2.88. The SMILES string of the molecule is Fc1ccc(Br)c(CNc2nccc3sccc23)c1. The van der Waals surface area contributed by atoms with Crippen molar-refractivity contribution < 1.29 is 4.39 Å². The fourth-order valence-corrected chi connectivity index (χ4v) is 3.06. The summed E-state index contributed by atoms with van der Waals surface area (Å²) in [6, 6.07) is 8.69. The topological polar surface area (TPSA) is 24.9 Å². The van der Waals surface area contributed by atoms with Crippen molar-refractivity contribution in [1.29, 1.82) is 0 Å². The molecule has 0 saturated carbocycles. The van der Waals surface area contributed by atoms with E-state index in [1.165, 1.54) is 16.8 Å². The molecule has 3 aromatic rings. The highest BCUT2D eigenvalue weighted by molar-refractivity contribution is 9.10. The summed E-state index contributed by atoms with van der Waals surface area (Å²) in [7, 11) is 0. The molecule has 0 spiro atoms. The molecule has 5 heteroatoms. The zero-order valence-corrected chi connectivity index (χ0v) is 12.3. The van der Waals surface area contributed by atoms with E-state index in [1.54, 1.807) is 23.6 Å². The first-order valence-corrected chi connectivity index (χ1v) is 7.41. The summed E-state index contributed by atoms with van der Waals surface area (Å²) >= 11 is 5.10. The zero-order chi connectivity index (χ0) is 13.2. The van der Waals surface area contributed by atoms with Gasteiger partial charge in [0.1, 0.15) is 11.6 Å². The molecule has 0 unspecified atom stereocenters. The van der Waals surface area contributed by atoms with E-state index < -0.39 is 0 Å². The number of nitrogens with one attached hydrogen (secondary N) is 1. The molecule has 0 saturated heterocycles. The maximum Gasteiger partial charge on any atom is 0.134 e. The van der Waals surface area contributed by atoms with Gasteiger partial charge in [-0.3, -0.25) is 0 Å². The summed E-state index contributed by atoms with van der Waals surface area (Å²) in [6.45, 7) is 0.528. The van der Waals surface area contributed by atoms with E-state index in [0.717, 1.165) is 21.2 Å². The van der Waals surface area contributed by atoms with E-state index in [4.69, 9.17) is 0 Å². The van der Waals surface area contributed by atoms with E-state index in [0.29, 0.717) is 6.54 Å². The third-order valence-corrected chi connectivity index (χ3v) is 4.49. The summed E-state index contributed by atoms with van der Waals surface area (Å²) in [5.41, 5.74) is 0.869. The Hall–Kier alpha value is -1.46. The summed E-state index contributed by atoms with van der Waals surface area (Å²) in [4.78, 5) is 4.33. The molecule has 2 aromatic heterocycles. The molecule has 0 fully saturated rings. The van der Waals surface area contributed by atoms with Gasteiger partial charge in [-0.1, -0.05) is 15.9 Å². The maximum atomic E-state index is 13.2. The van der Waals surface area contributed by atoms with E-state index in [9.17, 15) is 4.39 Å². The summed E-state index contributed by atoms with van der Waals surface area (Å²) in [6.07, 6.45) is 1.78. The second kappa shape index (κ2) is 5.27. The van der Waals surface area contributed by atoms with Crippen LogP contribution in [0, 0.1) is 5.82 Å². The largest absolute Gasteiger partial charge is 0.365 e. The highest BCUT2D eigenvalue weighted by Crippen LogP contribution is 2.26. The third kappa shape index (κ3) is 2.62. The van der Waals surface area contributed by atoms with Gasteiger partial charge < -0.3 is 5.32 Å². The lowest BCUT2D eigenvalue weighted by Crippen LogP contribution is -2.02. The van der Waals surface area contributed by atoms with Crippen LogP contribution in [0.1, 0.15) is 5.56 Å². The van der Waals surface area contributed by atoms with Gasteiger partial charge in [0.15, 0.2) is 0 Å². The molecule has 19 heavy (non-hydrogen) atoms. The standard InChI is InChI=1S/C14H10BrFN2S/c15-12-2-1-10(16)7-9(12)8-18-14-11-4-6-19-13(11)3-5-17-14/h1-7H,8H2,(H,17,18). The number of halogens is 2. The molecule has 0 atom stereocenters. The van der Waals surface area contributed by atoms with E-state index in [2.05, 4.69) is 26.2 Å². The number of rotatable bonds is 3. The molecule has 2 heterocycles. The molecule has 96 valence electrons. The molecular weight excluding hydrogens is 327 g/mol. The number of nitrogens with zero attached hydrogens (tertiary/aromatic N) is 1. The van der Waals surface area contributed by atoms with Crippen LogP contribution in [0.25, 0.3) is 10.1 Å². The number of thiophene rings is 1. The van der Waals surface area contributed by atoms with Crippen LogP contribution in [-0.4, -0.2) is 4.98 Å². The molecular formula is C14H10BrFN2S. The van der Waals surface area contributed by atoms with Crippen LogP contribution >= 0.6 is 27.3 Å². The van der Waals surface area contributed by atoms with E-state index in [-0.39, 0.29) is 5.82 Å². The van der Waals surface area contributed by atoms with Gasteiger partial charge in [0, 0.05) is 27.3 Å². The number of anilines is 1. The molecule has 3 rings (SSSR count). The van der Waals surface area contributed by atoms with Crippen LogP contribution in [0.3, 0.4) is 0 Å². The number of hydrogen-bond acceptors (Lipinski definition) is 3. The van der Waals surface area contributed by atoms with Gasteiger partial charge in [0.05, 0.1) is 0 Å². The van der Waals surface area contributed by atoms with Crippen LogP contribution < -0.4 is 5.32 Å². The molecule has 0 aliphatic heterocycles. The quantitative estimate of drug-likeness (QED) is 0.742. The van der Waals surface area contributed by atoms with Gasteiger partial charge in [0.25, 0.3) is 0 Å². The summed E-state index contributed by atoms with van der Waals surface area (Å²) in [5.74, 6) is 0.594. The van der Waals surface area contributed by atoms with E-state index in [1.807, 2.05) is 17.5 Å². The molecule has 0 aliphatic carbocycles. The van der Waals surface area contributed by atoms with Crippen LogP contribution in [0.2, 0.25) is 0 Å². The zero-order valence-electron chi connectivity index (χ0n) is 9.86. The molecule has 0 radical (unpaired) electrons. The Morgan fingerprint density at radius 1 is 1.26 bits per heavy atom. The van der Waals surface area contributed by atoms with Crippen molar-refractivity contribution in [3.8, 4) is 0 Å². The minimum atomic E-state index is -0.235. The predicted octanol–water partition coefficient (Wildman–Crippen LogP) is 4.81. The highest BCUT2D eigenvalue weighted by atomic mass is 79.9. The van der Waals surface area contributed by atoms with Crippen LogP contribution in [0.5, 0.6) is 0 Å². The lowest BCUT2D eigenvalue weighted by Gasteiger charge is -2.08. The Bertz CT molecular complexity index is 726. The van der Waals surface area contributed by atoms with Gasteiger partial charge >= 0.3 is 0 Å². The Kier molecular flexibility index (Phi) is 3.48. The highest BCUT2D eigenvalue weighted by Gasteiger charge is 2.05.